The summed E-state index contributed by atoms with van der Waals surface area (Å²) < 4.78 is 1.01. The first-order valence-electron chi connectivity index (χ1n) is 6.22. The number of benzene rings is 1. The lowest BCUT2D eigenvalue weighted by Crippen LogP contribution is -2.53. The van der Waals surface area contributed by atoms with Gasteiger partial charge in [0.25, 0.3) is 0 Å². The fraction of sp³-hybridized carbons (Fsp3) is 0.500. The van der Waals surface area contributed by atoms with Gasteiger partial charge in [0, 0.05) is 18.1 Å². The minimum atomic E-state index is -0.740. The van der Waals surface area contributed by atoms with Gasteiger partial charge in [0.15, 0.2) is 0 Å². The summed E-state index contributed by atoms with van der Waals surface area (Å²) in [4.78, 5) is 14.0. The number of hydrogen-bond acceptors (Lipinski definition) is 2. The molecule has 0 radical (unpaired) electrons. The van der Waals surface area contributed by atoms with Crippen LogP contribution in [0.5, 0.6) is 0 Å². The van der Waals surface area contributed by atoms with E-state index in [0.29, 0.717) is 19.4 Å². The first-order valence-corrected chi connectivity index (χ1v) is 7.01. The molecule has 0 saturated heterocycles. The van der Waals surface area contributed by atoms with Crippen LogP contribution in [-0.2, 0) is 11.3 Å². The van der Waals surface area contributed by atoms with Crippen molar-refractivity contribution < 1.29 is 4.79 Å². The zero-order chi connectivity index (χ0) is 13.8. The summed E-state index contributed by atoms with van der Waals surface area (Å²) in [7, 11) is 1.80. The molecular weight excluding hydrogens is 292 g/mol. The van der Waals surface area contributed by atoms with Crippen LogP contribution in [0, 0.1) is 0 Å². The zero-order valence-corrected chi connectivity index (χ0v) is 12.8. The third-order valence-corrected chi connectivity index (χ3v) is 4.17. The standard InChI is InChI=1S/C14H21BrN2O/c1-4-14(16,5-2)13(18)17(3)10-11-8-6-7-9-12(11)15/h6-9H,4-5,10,16H2,1-3H3. The SMILES string of the molecule is CCC(N)(CC)C(=O)N(C)Cc1ccccc1Br. The maximum absolute atomic E-state index is 12.3. The van der Waals surface area contributed by atoms with Crippen LogP contribution in [0.25, 0.3) is 0 Å². The molecule has 3 nitrogen and oxygen atoms in total. The van der Waals surface area contributed by atoms with Crippen molar-refractivity contribution in [2.24, 2.45) is 5.73 Å². The number of nitrogens with two attached hydrogens (primary N) is 1. The lowest BCUT2D eigenvalue weighted by molar-refractivity contribution is -0.136. The smallest absolute Gasteiger partial charge is 0.242 e. The van der Waals surface area contributed by atoms with Crippen LogP contribution in [-0.4, -0.2) is 23.4 Å². The third kappa shape index (κ3) is 3.33. The molecule has 18 heavy (non-hydrogen) atoms. The summed E-state index contributed by atoms with van der Waals surface area (Å²) in [6, 6.07) is 7.90. The fourth-order valence-electron chi connectivity index (χ4n) is 1.89. The summed E-state index contributed by atoms with van der Waals surface area (Å²) in [5.41, 5.74) is 6.48. The Morgan fingerprint density at radius 2 is 1.89 bits per heavy atom. The lowest BCUT2D eigenvalue weighted by Gasteiger charge is -2.31. The van der Waals surface area contributed by atoms with Gasteiger partial charge in [-0.05, 0) is 24.5 Å². The number of amides is 1. The second-order valence-electron chi connectivity index (χ2n) is 4.62. The van der Waals surface area contributed by atoms with E-state index in [9.17, 15) is 4.79 Å². The molecule has 0 spiro atoms. The molecule has 100 valence electrons. The van der Waals surface area contributed by atoms with Crippen molar-refractivity contribution in [1.29, 1.82) is 0 Å². The normalized spacial score (nSPS) is 11.4. The van der Waals surface area contributed by atoms with Gasteiger partial charge in [0.2, 0.25) is 5.91 Å². The van der Waals surface area contributed by atoms with Crippen LogP contribution in [0.2, 0.25) is 0 Å². The van der Waals surface area contributed by atoms with Crippen molar-refractivity contribution in [2.45, 2.75) is 38.8 Å². The van der Waals surface area contributed by atoms with E-state index in [1.54, 1.807) is 11.9 Å². The molecule has 0 fully saturated rings. The summed E-state index contributed by atoms with van der Waals surface area (Å²) in [5.74, 6) is 0.00301. The predicted molar refractivity (Wildman–Crippen MR) is 78.1 cm³/mol. The number of carbonyl (C=O) groups excluding carboxylic acids is 1. The molecule has 0 bridgehead atoms. The predicted octanol–water partition coefficient (Wildman–Crippen LogP) is 2.93. The minimum absolute atomic E-state index is 0.00301. The molecule has 0 aliphatic rings. The molecule has 2 N–H and O–H groups in total. The van der Waals surface area contributed by atoms with Gasteiger partial charge >= 0.3 is 0 Å². The fourth-order valence-corrected chi connectivity index (χ4v) is 2.30. The van der Waals surface area contributed by atoms with Crippen LogP contribution in [0.3, 0.4) is 0 Å². The number of hydrogen-bond donors (Lipinski definition) is 1. The molecule has 1 aromatic rings. The Kier molecular flexibility index (Phi) is 5.35. The number of rotatable bonds is 5. The van der Waals surface area contributed by atoms with Gasteiger partial charge in [-0.25, -0.2) is 0 Å². The average molecular weight is 313 g/mol. The van der Waals surface area contributed by atoms with Crippen molar-refractivity contribution in [3.63, 3.8) is 0 Å². The number of carbonyl (C=O) groups is 1. The molecule has 1 amide bonds. The van der Waals surface area contributed by atoms with Crippen LogP contribution >= 0.6 is 15.9 Å². The number of halogens is 1. The van der Waals surface area contributed by atoms with Gasteiger partial charge in [0.05, 0.1) is 5.54 Å². The monoisotopic (exact) mass is 312 g/mol. The molecule has 1 rings (SSSR count). The molecule has 0 atom stereocenters. The van der Waals surface area contributed by atoms with Gasteiger partial charge < -0.3 is 10.6 Å². The zero-order valence-electron chi connectivity index (χ0n) is 11.2. The quantitative estimate of drug-likeness (QED) is 0.908. The van der Waals surface area contributed by atoms with Crippen LogP contribution < -0.4 is 5.73 Å². The number of nitrogens with zero attached hydrogens (tertiary/aromatic N) is 1. The average Bonchev–Trinajstić information content (AvgIpc) is 2.39. The Morgan fingerprint density at radius 3 is 2.39 bits per heavy atom. The van der Waals surface area contributed by atoms with E-state index in [-0.39, 0.29) is 5.91 Å². The molecular formula is C14H21BrN2O. The van der Waals surface area contributed by atoms with Crippen LogP contribution in [0.1, 0.15) is 32.3 Å². The molecule has 4 heteroatoms. The third-order valence-electron chi connectivity index (χ3n) is 3.40. The largest absolute Gasteiger partial charge is 0.340 e. The van der Waals surface area contributed by atoms with Crippen LogP contribution in [0.4, 0.5) is 0 Å². The minimum Gasteiger partial charge on any atom is -0.340 e. The molecule has 0 aliphatic carbocycles. The topological polar surface area (TPSA) is 46.3 Å². The van der Waals surface area contributed by atoms with Crippen molar-refractivity contribution >= 4 is 21.8 Å². The van der Waals surface area contributed by atoms with E-state index >= 15 is 0 Å². The second-order valence-corrected chi connectivity index (χ2v) is 5.47. The highest BCUT2D eigenvalue weighted by Gasteiger charge is 2.32. The van der Waals surface area contributed by atoms with Gasteiger partial charge in [-0.1, -0.05) is 48.0 Å². The van der Waals surface area contributed by atoms with E-state index in [2.05, 4.69) is 15.9 Å². The van der Waals surface area contributed by atoms with E-state index in [1.807, 2.05) is 38.1 Å². The Balaban J connectivity index is 2.80. The maximum Gasteiger partial charge on any atom is 0.242 e. The molecule has 1 aromatic carbocycles. The molecule has 0 unspecified atom stereocenters. The molecule has 0 heterocycles. The van der Waals surface area contributed by atoms with Crippen molar-refractivity contribution in [3.8, 4) is 0 Å². The summed E-state index contributed by atoms with van der Waals surface area (Å²) in [6.07, 6.45) is 1.31. The Bertz CT molecular complexity index is 416. The van der Waals surface area contributed by atoms with Gasteiger partial charge in [-0.2, -0.15) is 0 Å². The molecule has 0 aromatic heterocycles. The van der Waals surface area contributed by atoms with Gasteiger partial charge in [-0.3, -0.25) is 4.79 Å². The first kappa shape index (κ1) is 15.2. The van der Waals surface area contributed by atoms with Crippen molar-refractivity contribution in [3.05, 3.63) is 34.3 Å². The maximum atomic E-state index is 12.3. The summed E-state index contributed by atoms with van der Waals surface area (Å²) in [6.45, 7) is 4.47. The molecule has 0 saturated carbocycles. The van der Waals surface area contributed by atoms with E-state index in [0.717, 1.165) is 10.0 Å². The Morgan fingerprint density at radius 1 is 1.33 bits per heavy atom. The van der Waals surface area contributed by atoms with E-state index in [1.165, 1.54) is 0 Å². The van der Waals surface area contributed by atoms with Crippen molar-refractivity contribution in [2.75, 3.05) is 7.05 Å². The van der Waals surface area contributed by atoms with Crippen LogP contribution in [0.15, 0.2) is 28.7 Å². The highest BCUT2D eigenvalue weighted by Crippen LogP contribution is 2.20. The molecule has 0 aliphatic heterocycles. The Labute approximate surface area is 117 Å². The first-order chi connectivity index (χ1) is 8.44. The van der Waals surface area contributed by atoms with Gasteiger partial charge in [0.1, 0.15) is 0 Å². The number of likely N-dealkylation sites (N-methyl/N-ethyl adjacent to an activating group) is 1. The second kappa shape index (κ2) is 6.34. The van der Waals surface area contributed by atoms with E-state index in [4.69, 9.17) is 5.73 Å². The van der Waals surface area contributed by atoms with Gasteiger partial charge in [-0.15, -0.1) is 0 Å². The highest BCUT2D eigenvalue weighted by molar-refractivity contribution is 9.10. The van der Waals surface area contributed by atoms with Crippen molar-refractivity contribution in [1.82, 2.24) is 4.90 Å². The van der Waals surface area contributed by atoms with E-state index < -0.39 is 5.54 Å². The summed E-state index contributed by atoms with van der Waals surface area (Å²) >= 11 is 3.49. The lowest BCUT2D eigenvalue weighted by atomic mass is 9.92. The summed E-state index contributed by atoms with van der Waals surface area (Å²) in [5, 5.41) is 0. The highest BCUT2D eigenvalue weighted by atomic mass is 79.9. The Hall–Kier alpha value is -0.870.